The number of anilines is 1. The number of aryl methyl sites for hydroxylation is 1. The number of sulfonamides is 1. The maximum atomic E-state index is 12.1. The number of nitrogens with one attached hydrogen (secondary N) is 1. The molecule has 8 heteroatoms. The van der Waals surface area contributed by atoms with E-state index < -0.39 is 10.0 Å². The fraction of sp³-hybridized carbons (Fsp3) is 0.381. The van der Waals surface area contributed by atoms with E-state index in [9.17, 15) is 13.2 Å². The summed E-state index contributed by atoms with van der Waals surface area (Å²) >= 11 is 7.69. The van der Waals surface area contributed by atoms with Crippen molar-refractivity contribution in [3.63, 3.8) is 0 Å². The van der Waals surface area contributed by atoms with Crippen molar-refractivity contribution < 1.29 is 13.2 Å². The average molecular weight is 455 g/mol. The number of amides is 1. The van der Waals surface area contributed by atoms with E-state index in [0.29, 0.717) is 18.7 Å². The van der Waals surface area contributed by atoms with Crippen molar-refractivity contribution in [2.45, 2.75) is 25.5 Å². The van der Waals surface area contributed by atoms with Gasteiger partial charge in [0.15, 0.2) is 0 Å². The smallest absolute Gasteiger partial charge is 0.232 e. The number of hydrogen-bond acceptors (Lipinski definition) is 4. The molecule has 1 amide bonds. The lowest BCUT2D eigenvalue weighted by atomic mass is 10.2. The second kappa shape index (κ2) is 11.5. The van der Waals surface area contributed by atoms with E-state index in [1.165, 1.54) is 10.6 Å². The maximum Gasteiger partial charge on any atom is 0.232 e. The van der Waals surface area contributed by atoms with Crippen LogP contribution >= 0.6 is 23.4 Å². The van der Waals surface area contributed by atoms with Crippen molar-refractivity contribution in [1.29, 1.82) is 0 Å². The first-order chi connectivity index (χ1) is 13.8. The summed E-state index contributed by atoms with van der Waals surface area (Å²) < 4.78 is 25.6. The van der Waals surface area contributed by atoms with Gasteiger partial charge < -0.3 is 5.32 Å². The Kier molecular flexibility index (Phi) is 9.33. The number of halogens is 1. The molecule has 0 spiro atoms. The van der Waals surface area contributed by atoms with E-state index in [-0.39, 0.29) is 18.9 Å². The van der Waals surface area contributed by atoms with E-state index in [2.05, 4.69) is 5.32 Å². The third kappa shape index (κ3) is 8.68. The molecule has 158 valence electrons. The molecule has 0 bridgehead atoms. The highest BCUT2D eigenvalue weighted by Gasteiger charge is 2.17. The standard InChI is InChI=1S/C21H27ClN2O3S2/c1-17-6-3-9-20(14-17)24(29(2,26)27)12-5-10-21(25)23-11-13-28-16-18-7-4-8-19(22)15-18/h3-4,6-9,14-15H,5,10-13,16H2,1-2H3,(H,23,25). The van der Waals surface area contributed by atoms with Crippen LogP contribution < -0.4 is 9.62 Å². The molecule has 0 saturated heterocycles. The molecule has 2 aromatic carbocycles. The summed E-state index contributed by atoms with van der Waals surface area (Å²) in [5, 5.41) is 3.61. The van der Waals surface area contributed by atoms with Crippen LogP contribution in [0.15, 0.2) is 48.5 Å². The molecule has 0 atom stereocenters. The number of rotatable bonds is 11. The van der Waals surface area contributed by atoms with Gasteiger partial charge in [0.2, 0.25) is 15.9 Å². The third-order valence-corrected chi connectivity index (χ3v) is 6.64. The maximum absolute atomic E-state index is 12.1. The number of carbonyl (C=O) groups excluding carboxylic acids is 1. The first-order valence-corrected chi connectivity index (χ1v) is 12.8. The van der Waals surface area contributed by atoms with Crippen molar-refractivity contribution in [2.24, 2.45) is 0 Å². The Morgan fingerprint density at radius 3 is 2.62 bits per heavy atom. The van der Waals surface area contributed by atoms with Gasteiger partial charge in [0, 0.05) is 36.0 Å². The fourth-order valence-corrected chi connectivity index (χ4v) is 4.80. The lowest BCUT2D eigenvalue weighted by Crippen LogP contribution is -2.32. The molecule has 0 aliphatic heterocycles. The Bertz CT molecular complexity index is 920. The number of hydrogen-bond donors (Lipinski definition) is 1. The van der Waals surface area contributed by atoms with Gasteiger partial charge in [-0.05, 0) is 48.7 Å². The second-order valence-corrected chi connectivity index (χ2v) is 10.3. The van der Waals surface area contributed by atoms with Gasteiger partial charge in [-0.25, -0.2) is 8.42 Å². The van der Waals surface area contributed by atoms with Crippen LogP contribution in [0.5, 0.6) is 0 Å². The third-order valence-electron chi connectivity index (χ3n) is 4.18. The van der Waals surface area contributed by atoms with Crippen molar-refractivity contribution in [2.75, 3.05) is 29.4 Å². The molecule has 0 unspecified atom stereocenters. The first kappa shape index (κ1) is 23.6. The van der Waals surface area contributed by atoms with Gasteiger partial charge in [-0.1, -0.05) is 35.9 Å². The Labute approximate surface area is 182 Å². The van der Waals surface area contributed by atoms with Gasteiger partial charge in [-0.2, -0.15) is 11.8 Å². The predicted molar refractivity (Wildman–Crippen MR) is 123 cm³/mol. The molecule has 29 heavy (non-hydrogen) atoms. The van der Waals surface area contributed by atoms with Crippen LogP contribution in [0.4, 0.5) is 5.69 Å². The zero-order chi connectivity index (χ0) is 21.3. The van der Waals surface area contributed by atoms with Crippen LogP contribution in [0.2, 0.25) is 5.02 Å². The van der Waals surface area contributed by atoms with E-state index in [0.717, 1.165) is 27.7 Å². The van der Waals surface area contributed by atoms with Gasteiger partial charge in [0.1, 0.15) is 0 Å². The first-order valence-electron chi connectivity index (χ1n) is 9.39. The van der Waals surface area contributed by atoms with Crippen LogP contribution in [-0.4, -0.2) is 39.4 Å². The van der Waals surface area contributed by atoms with E-state index in [1.807, 2.05) is 49.4 Å². The Hall–Kier alpha value is -1.70. The largest absolute Gasteiger partial charge is 0.355 e. The summed E-state index contributed by atoms with van der Waals surface area (Å²) in [6.45, 7) is 2.78. The Morgan fingerprint density at radius 1 is 1.17 bits per heavy atom. The fourth-order valence-electron chi connectivity index (χ4n) is 2.82. The van der Waals surface area contributed by atoms with Crippen LogP contribution in [0.25, 0.3) is 0 Å². The zero-order valence-corrected chi connectivity index (χ0v) is 19.1. The Morgan fingerprint density at radius 2 is 1.93 bits per heavy atom. The minimum absolute atomic E-state index is 0.0638. The molecule has 0 fully saturated rings. The highest BCUT2D eigenvalue weighted by Crippen LogP contribution is 2.19. The van der Waals surface area contributed by atoms with Crippen LogP contribution in [0.1, 0.15) is 24.0 Å². The molecule has 1 N–H and O–H groups in total. The van der Waals surface area contributed by atoms with Gasteiger partial charge in [-0.15, -0.1) is 0 Å². The Balaban J connectivity index is 1.69. The van der Waals surface area contributed by atoms with E-state index in [4.69, 9.17) is 11.6 Å². The molecular weight excluding hydrogens is 428 g/mol. The number of nitrogens with zero attached hydrogens (tertiary/aromatic N) is 1. The van der Waals surface area contributed by atoms with Crippen LogP contribution in [0.3, 0.4) is 0 Å². The average Bonchev–Trinajstić information content (AvgIpc) is 2.64. The molecule has 5 nitrogen and oxygen atoms in total. The summed E-state index contributed by atoms with van der Waals surface area (Å²) in [6, 6.07) is 15.1. The quantitative estimate of drug-likeness (QED) is 0.515. The van der Waals surface area contributed by atoms with E-state index in [1.54, 1.807) is 17.8 Å². The normalized spacial score (nSPS) is 11.3. The summed E-state index contributed by atoms with van der Waals surface area (Å²) in [5.41, 5.74) is 2.78. The highest BCUT2D eigenvalue weighted by atomic mass is 35.5. The number of benzene rings is 2. The van der Waals surface area contributed by atoms with Crippen molar-refractivity contribution in [3.05, 3.63) is 64.7 Å². The van der Waals surface area contributed by atoms with Crippen LogP contribution in [-0.2, 0) is 20.6 Å². The second-order valence-electron chi connectivity index (χ2n) is 6.81. The minimum Gasteiger partial charge on any atom is -0.355 e. The molecule has 0 aliphatic rings. The van der Waals surface area contributed by atoms with Crippen LogP contribution in [0, 0.1) is 6.92 Å². The topological polar surface area (TPSA) is 66.5 Å². The number of thioether (sulfide) groups is 1. The molecule has 0 radical (unpaired) electrons. The van der Waals surface area contributed by atoms with Gasteiger partial charge >= 0.3 is 0 Å². The summed E-state index contributed by atoms with van der Waals surface area (Å²) in [4.78, 5) is 12.0. The lowest BCUT2D eigenvalue weighted by molar-refractivity contribution is -0.121. The van der Waals surface area contributed by atoms with Crippen molar-refractivity contribution in [1.82, 2.24) is 5.32 Å². The zero-order valence-electron chi connectivity index (χ0n) is 16.7. The molecule has 0 aromatic heterocycles. The molecule has 0 aliphatic carbocycles. The SMILES string of the molecule is Cc1cccc(N(CCCC(=O)NCCSCc2cccc(Cl)c2)S(C)(=O)=O)c1. The van der Waals surface area contributed by atoms with Crippen molar-refractivity contribution in [3.8, 4) is 0 Å². The summed E-state index contributed by atoms with van der Waals surface area (Å²) in [7, 11) is -3.40. The predicted octanol–water partition coefficient (Wildman–Crippen LogP) is 4.24. The molecule has 2 rings (SSSR count). The van der Waals surface area contributed by atoms with Gasteiger partial charge in [-0.3, -0.25) is 9.10 Å². The molecule has 0 heterocycles. The van der Waals surface area contributed by atoms with Gasteiger partial charge in [0.25, 0.3) is 0 Å². The summed E-state index contributed by atoms with van der Waals surface area (Å²) in [6.07, 6.45) is 1.94. The molecule has 2 aromatic rings. The van der Waals surface area contributed by atoms with Gasteiger partial charge in [0.05, 0.1) is 11.9 Å². The highest BCUT2D eigenvalue weighted by molar-refractivity contribution is 7.98. The number of carbonyl (C=O) groups is 1. The molecular formula is C21H27ClN2O3S2. The van der Waals surface area contributed by atoms with Crippen molar-refractivity contribution >= 4 is 45.0 Å². The minimum atomic E-state index is -3.40. The lowest BCUT2D eigenvalue weighted by Gasteiger charge is -2.22. The van der Waals surface area contributed by atoms with E-state index >= 15 is 0 Å². The monoisotopic (exact) mass is 454 g/mol. The summed E-state index contributed by atoms with van der Waals surface area (Å²) in [5.74, 6) is 1.58. The molecule has 0 saturated carbocycles.